The SMILES string of the molecule is C(=CC1C=Cc2ccccc21)[SiH2]C=CC1C=Cc2ccccc21. The van der Waals surface area contributed by atoms with E-state index >= 15 is 0 Å². The van der Waals surface area contributed by atoms with Crippen LogP contribution >= 0.6 is 0 Å². The average molecular weight is 312 g/mol. The molecule has 2 aliphatic carbocycles. The first-order chi connectivity index (χ1) is 11.4. The molecule has 0 heterocycles. The van der Waals surface area contributed by atoms with Gasteiger partial charge in [0.05, 0.1) is 9.52 Å². The Hall–Kier alpha value is -2.38. The fraction of sp³-hybridized carbons (Fsp3) is 0.0909. The molecule has 2 aliphatic rings. The Morgan fingerprint density at radius 3 is 1.65 bits per heavy atom. The third kappa shape index (κ3) is 2.93. The molecule has 0 saturated heterocycles. The lowest BCUT2D eigenvalue weighted by Crippen LogP contribution is -1.91. The second-order valence-electron chi connectivity index (χ2n) is 6.12. The molecule has 23 heavy (non-hydrogen) atoms. The van der Waals surface area contributed by atoms with Crippen molar-refractivity contribution < 1.29 is 0 Å². The molecule has 2 aromatic carbocycles. The Kier molecular flexibility index (Phi) is 3.95. The molecule has 0 nitrogen and oxygen atoms in total. The lowest BCUT2D eigenvalue weighted by atomic mass is 10.0. The summed E-state index contributed by atoms with van der Waals surface area (Å²) in [6.45, 7) is 0. The molecule has 2 atom stereocenters. The minimum atomic E-state index is -0.285. The van der Waals surface area contributed by atoms with Crippen LogP contribution in [0.5, 0.6) is 0 Å². The van der Waals surface area contributed by atoms with Gasteiger partial charge in [0.15, 0.2) is 0 Å². The maximum atomic E-state index is 2.41. The van der Waals surface area contributed by atoms with Crippen LogP contribution in [0.2, 0.25) is 0 Å². The molecule has 0 spiro atoms. The number of rotatable bonds is 4. The van der Waals surface area contributed by atoms with Gasteiger partial charge < -0.3 is 0 Å². The van der Waals surface area contributed by atoms with E-state index in [9.17, 15) is 0 Å². The van der Waals surface area contributed by atoms with Crippen molar-refractivity contribution in [1.82, 2.24) is 0 Å². The molecule has 0 amide bonds. The normalized spacial score (nSPS) is 21.9. The molecule has 0 aromatic heterocycles. The van der Waals surface area contributed by atoms with E-state index < -0.39 is 0 Å². The highest BCUT2D eigenvalue weighted by atomic mass is 28.2. The number of hydrogen-bond acceptors (Lipinski definition) is 0. The van der Waals surface area contributed by atoms with Crippen LogP contribution in [0.25, 0.3) is 12.2 Å². The van der Waals surface area contributed by atoms with E-state index in [4.69, 9.17) is 0 Å². The van der Waals surface area contributed by atoms with Gasteiger partial charge in [0.1, 0.15) is 0 Å². The van der Waals surface area contributed by atoms with E-state index in [0.29, 0.717) is 11.8 Å². The van der Waals surface area contributed by atoms with Gasteiger partial charge in [-0.05, 0) is 22.3 Å². The van der Waals surface area contributed by atoms with Crippen molar-refractivity contribution in [1.29, 1.82) is 0 Å². The third-order valence-electron chi connectivity index (χ3n) is 4.64. The zero-order valence-corrected chi connectivity index (χ0v) is 14.5. The molecule has 2 unspecified atom stereocenters. The molecule has 0 fully saturated rings. The number of benzene rings is 2. The molecular formula is C22H20Si. The summed E-state index contributed by atoms with van der Waals surface area (Å²) in [6.07, 6.45) is 13.8. The lowest BCUT2D eigenvalue weighted by molar-refractivity contribution is 1.11. The first-order valence-corrected chi connectivity index (χ1v) is 9.93. The van der Waals surface area contributed by atoms with Gasteiger partial charge in [0, 0.05) is 11.8 Å². The Bertz CT molecular complexity index is 754. The summed E-state index contributed by atoms with van der Waals surface area (Å²) in [4.78, 5) is 0. The van der Waals surface area contributed by atoms with Gasteiger partial charge in [0.2, 0.25) is 0 Å². The smallest absolute Gasteiger partial charge is 0.0684 e. The molecule has 0 bridgehead atoms. The first kappa shape index (κ1) is 14.2. The van der Waals surface area contributed by atoms with Gasteiger partial charge in [-0.1, -0.05) is 96.4 Å². The van der Waals surface area contributed by atoms with Crippen molar-refractivity contribution in [2.75, 3.05) is 0 Å². The predicted octanol–water partition coefficient (Wildman–Crippen LogP) is 4.80. The minimum absolute atomic E-state index is 0.285. The van der Waals surface area contributed by atoms with Gasteiger partial charge in [-0.3, -0.25) is 0 Å². The van der Waals surface area contributed by atoms with E-state index in [2.05, 4.69) is 96.4 Å². The maximum absolute atomic E-state index is 2.41. The van der Waals surface area contributed by atoms with Crippen molar-refractivity contribution in [2.45, 2.75) is 11.8 Å². The Morgan fingerprint density at radius 2 is 1.13 bits per heavy atom. The second-order valence-corrected chi connectivity index (χ2v) is 7.53. The van der Waals surface area contributed by atoms with Crippen LogP contribution in [0, 0.1) is 0 Å². The first-order valence-electron chi connectivity index (χ1n) is 8.29. The molecule has 0 N–H and O–H groups in total. The van der Waals surface area contributed by atoms with Crippen molar-refractivity contribution in [3.8, 4) is 0 Å². The lowest BCUT2D eigenvalue weighted by Gasteiger charge is -2.05. The van der Waals surface area contributed by atoms with Crippen LogP contribution in [0.3, 0.4) is 0 Å². The fourth-order valence-corrected chi connectivity index (χ4v) is 4.48. The average Bonchev–Trinajstić information content (AvgIpc) is 3.19. The van der Waals surface area contributed by atoms with E-state index in [1.807, 2.05) is 0 Å². The van der Waals surface area contributed by atoms with E-state index in [0.717, 1.165) is 0 Å². The summed E-state index contributed by atoms with van der Waals surface area (Å²) in [7, 11) is -0.285. The topological polar surface area (TPSA) is 0 Å². The fourth-order valence-electron chi connectivity index (χ4n) is 3.42. The maximum Gasteiger partial charge on any atom is 0.0684 e. The third-order valence-corrected chi connectivity index (χ3v) is 5.72. The molecule has 0 aliphatic heterocycles. The Morgan fingerprint density at radius 1 is 0.652 bits per heavy atom. The summed E-state index contributed by atoms with van der Waals surface area (Å²) in [6, 6.07) is 17.4. The van der Waals surface area contributed by atoms with E-state index in [1.165, 1.54) is 22.3 Å². The Balaban J connectivity index is 1.36. The zero-order valence-electron chi connectivity index (χ0n) is 13.1. The van der Waals surface area contributed by atoms with Crippen LogP contribution in [0.15, 0.2) is 84.2 Å². The van der Waals surface area contributed by atoms with E-state index in [1.54, 1.807) is 0 Å². The molecule has 4 rings (SSSR count). The number of hydrogen-bond donors (Lipinski definition) is 0. The highest BCUT2D eigenvalue weighted by molar-refractivity contribution is 6.48. The van der Waals surface area contributed by atoms with Crippen molar-refractivity contribution >= 4 is 21.7 Å². The molecule has 2 aromatic rings. The molecular weight excluding hydrogens is 292 g/mol. The molecule has 0 saturated carbocycles. The van der Waals surface area contributed by atoms with Gasteiger partial charge in [0.25, 0.3) is 0 Å². The monoisotopic (exact) mass is 312 g/mol. The number of allylic oxidation sites excluding steroid dienone is 4. The summed E-state index contributed by atoms with van der Waals surface area (Å²) < 4.78 is 0. The van der Waals surface area contributed by atoms with Crippen LogP contribution in [0.1, 0.15) is 34.1 Å². The quantitative estimate of drug-likeness (QED) is 0.711. The number of fused-ring (bicyclic) bond motifs is 2. The highest BCUT2D eigenvalue weighted by Gasteiger charge is 2.14. The molecule has 1 heteroatoms. The molecule has 0 radical (unpaired) electrons. The zero-order chi connectivity index (χ0) is 15.5. The van der Waals surface area contributed by atoms with Crippen LogP contribution < -0.4 is 0 Å². The van der Waals surface area contributed by atoms with Gasteiger partial charge in [-0.25, -0.2) is 0 Å². The summed E-state index contributed by atoms with van der Waals surface area (Å²) in [5, 5.41) is 0. The van der Waals surface area contributed by atoms with Crippen LogP contribution in [0.4, 0.5) is 0 Å². The second kappa shape index (κ2) is 6.39. The summed E-state index contributed by atoms with van der Waals surface area (Å²) in [5.74, 6) is 0.943. The highest BCUT2D eigenvalue weighted by Crippen LogP contribution is 2.31. The Labute approximate surface area is 140 Å². The van der Waals surface area contributed by atoms with Gasteiger partial charge >= 0.3 is 0 Å². The summed E-state index contributed by atoms with van der Waals surface area (Å²) in [5.41, 5.74) is 10.4. The summed E-state index contributed by atoms with van der Waals surface area (Å²) >= 11 is 0. The van der Waals surface area contributed by atoms with Gasteiger partial charge in [-0.15, -0.1) is 0 Å². The predicted molar refractivity (Wildman–Crippen MR) is 103 cm³/mol. The minimum Gasteiger partial charge on any atom is -0.0999 e. The van der Waals surface area contributed by atoms with Gasteiger partial charge in [-0.2, -0.15) is 0 Å². The van der Waals surface area contributed by atoms with Crippen molar-refractivity contribution in [3.05, 3.63) is 106 Å². The largest absolute Gasteiger partial charge is 0.0999 e. The molecule has 112 valence electrons. The van der Waals surface area contributed by atoms with Crippen molar-refractivity contribution in [3.63, 3.8) is 0 Å². The van der Waals surface area contributed by atoms with Crippen LogP contribution in [-0.2, 0) is 0 Å². The van der Waals surface area contributed by atoms with Crippen molar-refractivity contribution in [2.24, 2.45) is 0 Å². The standard InChI is InChI=1S/C22H20Si/c1-3-7-21-17(5-1)9-11-19(21)13-15-23-16-14-20-12-10-18-6-2-4-8-22(18)20/h1-16,19-20H,23H2. The van der Waals surface area contributed by atoms with Crippen LogP contribution in [-0.4, -0.2) is 9.52 Å². The van der Waals surface area contributed by atoms with E-state index in [-0.39, 0.29) is 9.52 Å².